The van der Waals surface area contributed by atoms with Gasteiger partial charge in [-0.1, -0.05) is 6.58 Å². The minimum Gasteiger partial charge on any atom is -0.326 e. The number of hydrogen-bond acceptors (Lipinski definition) is 3. The highest BCUT2D eigenvalue weighted by Crippen LogP contribution is 2.09. The fourth-order valence-electron chi connectivity index (χ4n) is 0.492. The molecule has 0 fully saturated rings. The molecule has 48 valence electrons. The van der Waals surface area contributed by atoms with Crippen LogP contribution in [0.4, 0.5) is 0 Å². The minimum absolute atomic E-state index is 0.490. The van der Waals surface area contributed by atoms with Gasteiger partial charge < -0.3 is 5.73 Å². The zero-order valence-electron chi connectivity index (χ0n) is 5.00. The van der Waals surface area contributed by atoms with Gasteiger partial charge in [0.1, 0.15) is 0 Å². The molecule has 0 aliphatic carbocycles. The van der Waals surface area contributed by atoms with Gasteiger partial charge >= 0.3 is 0 Å². The topological polar surface area (TPSA) is 38.9 Å². The van der Waals surface area contributed by atoms with Crippen molar-refractivity contribution in [3.63, 3.8) is 0 Å². The van der Waals surface area contributed by atoms with E-state index in [1.54, 1.807) is 16.8 Å². The second-order valence-corrected chi connectivity index (χ2v) is 2.40. The van der Waals surface area contributed by atoms with Gasteiger partial charge in [0.15, 0.2) is 0 Å². The van der Waals surface area contributed by atoms with Crippen LogP contribution in [-0.4, -0.2) is 11.5 Å². The Labute approximate surface area is 58.0 Å². The molecule has 2 N–H and O–H groups in total. The Morgan fingerprint density at radius 2 is 2.67 bits per heavy atom. The summed E-state index contributed by atoms with van der Waals surface area (Å²) in [5.41, 5.74) is 8.92. The molecule has 0 saturated carbocycles. The first kappa shape index (κ1) is 6.45. The molecule has 0 aliphatic rings. The van der Waals surface area contributed by atoms with Crippen LogP contribution in [0, 0.1) is 0 Å². The first-order valence-corrected chi connectivity index (χ1v) is 3.55. The van der Waals surface area contributed by atoms with Crippen LogP contribution in [0.15, 0.2) is 17.5 Å². The maximum atomic E-state index is 5.33. The second kappa shape index (κ2) is 2.75. The van der Waals surface area contributed by atoms with Crippen molar-refractivity contribution in [2.75, 3.05) is 6.54 Å². The van der Waals surface area contributed by atoms with E-state index >= 15 is 0 Å². The van der Waals surface area contributed by atoms with Crippen LogP contribution in [0.2, 0.25) is 0 Å². The van der Waals surface area contributed by atoms with Crippen molar-refractivity contribution in [1.29, 1.82) is 0 Å². The van der Waals surface area contributed by atoms with Gasteiger partial charge in [0, 0.05) is 11.9 Å². The summed E-state index contributed by atoms with van der Waals surface area (Å²) in [5, 5.41) is 1.94. The molecule has 0 radical (unpaired) electrons. The third-order valence-electron chi connectivity index (χ3n) is 1.04. The third-order valence-corrected chi connectivity index (χ3v) is 1.63. The standard InChI is InChI=1S/C6H8N2S/c1-5(2-7)6-3-9-4-8-6/h3-4H,1-2,7H2. The molecule has 0 spiro atoms. The Morgan fingerprint density at radius 3 is 3.11 bits per heavy atom. The van der Waals surface area contributed by atoms with E-state index in [-0.39, 0.29) is 0 Å². The lowest BCUT2D eigenvalue weighted by Crippen LogP contribution is -2.00. The lowest BCUT2D eigenvalue weighted by atomic mass is 10.2. The average Bonchev–Trinajstić information content (AvgIpc) is 2.37. The molecule has 1 heterocycles. The van der Waals surface area contributed by atoms with Gasteiger partial charge in [-0.25, -0.2) is 4.98 Å². The molecule has 0 bridgehead atoms. The van der Waals surface area contributed by atoms with E-state index in [2.05, 4.69) is 11.6 Å². The average molecular weight is 140 g/mol. The largest absolute Gasteiger partial charge is 0.326 e. The van der Waals surface area contributed by atoms with E-state index in [0.29, 0.717) is 6.54 Å². The van der Waals surface area contributed by atoms with Gasteiger partial charge in [-0.15, -0.1) is 11.3 Å². The van der Waals surface area contributed by atoms with Crippen molar-refractivity contribution in [3.8, 4) is 0 Å². The summed E-state index contributed by atoms with van der Waals surface area (Å²) < 4.78 is 0. The number of nitrogens with zero attached hydrogens (tertiary/aromatic N) is 1. The van der Waals surface area contributed by atoms with Crippen LogP contribution in [0.1, 0.15) is 5.69 Å². The summed E-state index contributed by atoms with van der Waals surface area (Å²) in [6, 6.07) is 0. The quantitative estimate of drug-likeness (QED) is 0.668. The van der Waals surface area contributed by atoms with Crippen molar-refractivity contribution in [2.45, 2.75) is 0 Å². The fourth-order valence-corrected chi connectivity index (χ4v) is 1.08. The molecule has 0 unspecified atom stereocenters. The highest BCUT2D eigenvalue weighted by molar-refractivity contribution is 7.07. The summed E-state index contributed by atoms with van der Waals surface area (Å²) >= 11 is 1.56. The van der Waals surface area contributed by atoms with E-state index in [1.165, 1.54) is 0 Å². The van der Waals surface area contributed by atoms with Crippen molar-refractivity contribution in [1.82, 2.24) is 4.98 Å². The van der Waals surface area contributed by atoms with Gasteiger partial charge in [-0.3, -0.25) is 0 Å². The number of nitrogens with two attached hydrogens (primary N) is 1. The van der Waals surface area contributed by atoms with Crippen molar-refractivity contribution in [3.05, 3.63) is 23.2 Å². The van der Waals surface area contributed by atoms with Gasteiger partial charge in [0.25, 0.3) is 0 Å². The molecule has 0 amide bonds. The Balaban J connectivity index is 2.77. The van der Waals surface area contributed by atoms with Crippen LogP contribution in [0.5, 0.6) is 0 Å². The van der Waals surface area contributed by atoms with Crippen LogP contribution in [0.3, 0.4) is 0 Å². The molecule has 9 heavy (non-hydrogen) atoms. The van der Waals surface area contributed by atoms with Gasteiger partial charge in [0.05, 0.1) is 11.2 Å². The monoisotopic (exact) mass is 140 g/mol. The number of aromatic nitrogens is 1. The summed E-state index contributed by atoms with van der Waals surface area (Å²) in [4.78, 5) is 4.03. The smallest absolute Gasteiger partial charge is 0.0798 e. The zero-order chi connectivity index (χ0) is 6.69. The summed E-state index contributed by atoms with van der Waals surface area (Å²) in [7, 11) is 0. The lowest BCUT2D eigenvalue weighted by Gasteiger charge is -1.92. The number of rotatable bonds is 2. The highest BCUT2D eigenvalue weighted by Gasteiger charge is 1.95. The van der Waals surface area contributed by atoms with Gasteiger partial charge in [0.2, 0.25) is 0 Å². The molecular weight excluding hydrogens is 132 g/mol. The maximum absolute atomic E-state index is 5.33. The number of thiazole rings is 1. The van der Waals surface area contributed by atoms with E-state index in [0.717, 1.165) is 11.3 Å². The zero-order valence-corrected chi connectivity index (χ0v) is 5.82. The fraction of sp³-hybridized carbons (Fsp3) is 0.167. The molecule has 1 rings (SSSR count). The first-order chi connectivity index (χ1) is 4.34. The molecule has 0 aliphatic heterocycles. The predicted octanol–water partition coefficient (Wildman–Crippen LogP) is 1.12. The van der Waals surface area contributed by atoms with Gasteiger partial charge in [-0.2, -0.15) is 0 Å². The van der Waals surface area contributed by atoms with Crippen LogP contribution < -0.4 is 5.73 Å². The lowest BCUT2D eigenvalue weighted by molar-refractivity contribution is 1.23. The third kappa shape index (κ3) is 1.37. The Hall–Kier alpha value is -0.670. The van der Waals surface area contributed by atoms with E-state index in [4.69, 9.17) is 5.73 Å². The number of hydrogen-bond donors (Lipinski definition) is 1. The summed E-state index contributed by atoms with van der Waals surface area (Å²) in [6.45, 7) is 4.22. The normalized spacial score (nSPS) is 9.44. The SMILES string of the molecule is C=C(CN)c1cscn1. The first-order valence-electron chi connectivity index (χ1n) is 2.61. The van der Waals surface area contributed by atoms with E-state index in [9.17, 15) is 0 Å². The maximum Gasteiger partial charge on any atom is 0.0798 e. The molecule has 0 saturated heterocycles. The molecular formula is C6H8N2S. The van der Waals surface area contributed by atoms with Gasteiger partial charge in [-0.05, 0) is 5.57 Å². The molecule has 2 nitrogen and oxygen atoms in total. The van der Waals surface area contributed by atoms with Crippen LogP contribution in [-0.2, 0) is 0 Å². The van der Waals surface area contributed by atoms with E-state index in [1.807, 2.05) is 5.38 Å². The minimum atomic E-state index is 0.490. The summed E-state index contributed by atoms with van der Waals surface area (Å²) in [6.07, 6.45) is 0. The highest BCUT2D eigenvalue weighted by atomic mass is 32.1. The Morgan fingerprint density at radius 1 is 1.89 bits per heavy atom. The van der Waals surface area contributed by atoms with Crippen LogP contribution >= 0.6 is 11.3 Å². The molecule has 0 atom stereocenters. The van der Waals surface area contributed by atoms with Crippen molar-refractivity contribution < 1.29 is 0 Å². The Kier molecular flexibility index (Phi) is 1.97. The van der Waals surface area contributed by atoms with E-state index < -0.39 is 0 Å². The molecule has 1 aromatic rings. The van der Waals surface area contributed by atoms with Crippen LogP contribution in [0.25, 0.3) is 5.57 Å². The molecule has 3 heteroatoms. The second-order valence-electron chi connectivity index (χ2n) is 1.68. The Bertz CT molecular complexity index is 191. The molecule has 1 aromatic heterocycles. The van der Waals surface area contributed by atoms with Crippen molar-refractivity contribution in [2.24, 2.45) is 5.73 Å². The van der Waals surface area contributed by atoms with Crippen molar-refractivity contribution >= 4 is 16.9 Å². The summed E-state index contributed by atoms with van der Waals surface area (Å²) in [5.74, 6) is 0. The predicted molar refractivity (Wildman–Crippen MR) is 40.2 cm³/mol. The molecule has 0 aromatic carbocycles.